The molecule has 1 saturated heterocycles. The number of piperidine rings is 1. The smallest absolute Gasteiger partial charge is 0.276 e. The van der Waals surface area contributed by atoms with Crippen molar-refractivity contribution in [2.45, 2.75) is 19.4 Å². The normalized spacial score (nSPS) is 16.1. The minimum atomic E-state index is -0.664. The van der Waals surface area contributed by atoms with Crippen LogP contribution in [0, 0.1) is 17.6 Å². The molecule has 1 fully saturated rings. The van der Waals surface area contributed by atoms with E-state index in [4.69, 9.17) is 9.47 Å². The summed E-state index contributed by atoms with van der Waals surface area (Å²) in [5, 5.41) is 7.79. The summed E-state index contributed by atoms with van der Waals surface area (Å²) >= 11 is 0. The third kappa shape index (κ3) is 5.04. The number of hydrogen-bond acceptors (Lipinski definition) is 5. The molecule has 1 aliphatic rings. The summed E-state index contributed by atoms with van der Waals surface area (Å²) in [5.41, 5.74) is 0.0280. The van der Waals surface area contributed by atoms with Crippen molar-refractivity contribution in [1.82, 2.24) is 19.9 Å². The van der Waals surface area contributed by atoms with Crippen molar-refractivity contribution in [3.05, 3.63) is 71.6 Å². The number of likely N-dealkylation sites (tertiary alicyclic amines) is 1. The molecule has 0 bridgehead atoms. The SMILES string of the molecule is COc1cccc(OC[C@@H]2CCCN(C(=O)c3cn(Cc4c(F)cccc4F)nn3)C2)c1. The van der Waals surface area contributed by atoms with Gasteiger partial charge in [0.15, 0.2) is 5.69 Å². The zero-order valence-corrected chi connectivity index (χ0v) is 17.7. The van der Waals surface area contributed by atoms with E-state index in [1.54, 1.807) is 12.0 Å². The first-order valence-corrected chi connectivity index (χ1v) is 10.4. The lowest BCUT2D eigenvalue weighted by Gasteiger charge is -2.32. The van der Waals surface area contributed by atoms with Crippen molar-refractivity contribution < 1.29 is 23.0 Å². The average molecular weight is 442 g/mol. The van der Waals surface area contributed by atoms with Gasteiger partial charge in [0.25, 0.3) is 5.91 Å². The van der Waals surface area contributed by atoms with Crippen LogP contribution in [-0.2, 0) is 6.54 Å². The highest BCUT2D eigenvalue weighted by atomic mass is 19.1. The maximum absolute atomic E-state index is 13.9. The Labute approximate surface area is 184 Å². The molecule has 168 valence electrons. The van der Waals surface area contributed by atoms with Gasteiger partial charge in [-0.2, -0.15) is 0 Å². The van der Waals surface area contributed by atoms with Crippen LogP contribution in [0.1, 0.15) is 28.9 Å². The molecule has 0 aliphatic carbocycles. The summed E-state index contributed by atoms with van der Waals surface area (Å²) in [5.74, 6) is 0.0433. The molecule has 0 spiro atoms. The molecule has 7 nitrogen and oxygen atoms in total. The second kappa shape index (κ2) is 9.76. The molecule has 1 atom stereocenters. The first-order valence-electron chi connectivity index (χ1n) is 10.4. The lowest BCUT2D eigenvalue weighted by atomic mass is 9.98. The molecule has 4 rings (SSSR count). The van der Waals surface area contributed by atoms with E-state index in [0.29, 0.717) is 19.7 Å². The van der Waals surface area contributed by atoms with E-state index in [-0.39, 0.29) is 29.6 Å². The number of carbonyl (C=O) groups is 1. The zero-order chi connectivity index (χ0) is 22.5. The van der Waals surface area contributed by atoms with E-state index in [9.17, 15) is 13.6 Å². The van der Waals surface area contributed by atoms with Gasteiger partial charge in [-0.25, -0.2) is 13.5 Å². The third-order valence-electron chi connectivity index (χ3n) is 5.47. The maximum Gasteiger partial charge on any atom is 0.276 e. The van der Waals surface area contributed by atoms with Crippen molar-refractivity contribution in [2.75, 3.05) is 26.8 Å². The van der Waals surface area contributed by atoms with Gasteiger partial charge >= 0.3 is 0 Å². The molecule has 3 aromatic rings. The Bertz CT molecular complexity index is 1070. The van der Waals surface area contributed by atoms with E-state index in [1.807, 2.05) is 24.3 Å². The van der Waals surface area contributed by atoms with Gasteiger partial charge in [0.1, 0.15) is 23.1 Å². The van der Waals surface area contributed by atoms with E-state index in [1.165, 1.54) is 29.1 Å². The lowest BCUT2D eigenvalue weighted by Crippen LogP contribution is -2.41. The van der Waals surface area contributed by atoms with Gasteiger partial charge in [0.05, 0.1) is 26.5 Å². The fraction of sp³-hybridized carbons (Fsp3) is 0.348. The van der Waals surface area contributed by atoms with Gasteiger partial charge < -0.3 is 14.4 Å². The maximum atomic E-state index is 13.9. The van der Waals surface area contributed by atoms with Crippen molar-refractivity contribution in [1.29, 1.82) is 0 Å². The molecule has 1 aliphatic heterocycles. The van der Waals surface area contributed by atoms with Crippen LogP contribution in [0.5, 0.6) is 11.5 Å². The molecule has 2 heterocycles. The van der Waals surface area contributed by atoms with Crippen LogP contribution < -0.4 is 9.47 Å². The highest BCUT2D eigenvalue weighted by Crippen LogP contribution is 2.23. The van der Waals surface area contributed by atoms with Gasteiger partial charge in [-0.05, 0) is 37.1 Å². The molecule has 1 aromatic heterocycles. The number of methoxy groups -OCH3 is 1. The number of halogens is 2. The molecular formula is C23H24F2N4O3. The number of hydrogen-bond donors (Lipinski definition) is 0. The van der Waals surface area contributed by atoms with Crippen LogP contribution in [0.25, 0.3) is 0 Å². The number of rotatable bonds is 7. The van der Waals surface area contributed by atoms with Gasteiger partial charge in [0, 0.05) is 30.6 Å². The highest BCUT2D eigenvalue weighted by Gasteiger charge is 2.27. The lowest BCUT2D eigenvalue weighted by molar-refractivity contribution is 0.0627. The molecule has 0 saturated carbocycles. The Hall–Kier alpha value is -3.49. The fourth-order valence-electron chi connectivity index (χ4n) is 3.77. The summed E-state index contributed by atoms with van der Waals surface area (Å²) in [6, 6.07) is 11.1. The van der Waals surface area contributed by atoms with E-state index in [2.05, 4.69) is 10.3 Å². The van der Waals surface area contributed by atoms with Crippen LogP contribution in [0.2, 0.25) is 0 Å². The fourth-order valence-corrected chi connectivity index (χ4v) is 3.77. The minimum Gasteiger partial charge on any atom is -0.497 e. The zero-order valence-electron chi connectivity index (χ0n) is 17.7. The van der Waals surface area contributed by atoms with Crippen molar-refractivity contribution in [2.24, 2.45) is 5.92 Å². The summed E-state index contributed by atoms with van der Waals surface area (Å²) in [4.78, 5) is 14.6. The van der Waals surface area contributed by atoms with E-state index in [0.717, 1.165) is 24.3 Å². The Kier molecular flexibility index (Phi) is 6.63. The third-order valence-corrected chi connectivity index (χ3v) is 5.47. The van der Waals surface area contributed by atoms with Crippen LogP contribution >= 0.6 is 0 Å². The van der Waals surface area contributed by atoms with Crippen LogP contribution in [0.15, 0.2) is 48.7 Å². The van der Waals surface area contributed by atoms with Crippen molar-refractivity contribution >= 4 is 5.91 Å². The van der Waals surface area contributed by atoms with Crippen molar-refractivity contribution in [3.8, 4) is 11.5 Å². The highest BCUT2D eigenvalue weighted by molar-refractivity contribution is 5.92. The molecule has 0 radical (unpaired) electrons. The summed E-state index contributed by atoms with van der Waals surface area (Å²) < 4.78 is 40.1. The number of benzene rings is 2. The Morgan fingerprint density at radius 2 is 1.91 bits per heavy atom. The van der Waals surface area contributed by atoms with Gasteiger partial charge in [-0.3, -0.25) is 4.79 Å². The Morgan fingerprint density at radius 3 is 2.69 bits per heavy atom. The van der Waals surface area contributed by atoms with E-state index < -0.39 is 11.6 Å². The Balaban J connectivity index is 1.36. The first-order chi connectivity index (χ1) is 15.5. The predicted molar refractivity (Wildman–Crippen MR) is 113 cm³/mol. The number of amides is 1. The van der Waals surface area contributed by atoms with Gasteiger partial charge in [-0.1, -0.05) is 17.3 Å². The molecule has 0 unspecified atom stereocenters. The van der Waals surface area contributed by atoms with Crippen LogP contribution in [-0.4, -0.2) is 52.6 Å². The number of nitrogens with zero attached hydrogens (tertiary/aromatic N) is 4. The summed E-state index contributed by atoms with van der Waals surface area (Å²) in [7, 11) is 1.60. The topological polar surface area (TPSA) is 69.5 Å². The van der Waals surface area contributed by atoms with Crippen LogP contribution in [0.4, 0.5) is 8.78 Å². The average Bonchev–Trinajstić information content (AvgIpc) is 3.29. The quantitative estimate of drug-likeness (QED) is 0.560. The molecule has 32 heavy (non-hydrogen) atoms. The van der Waals surface area contributed by atoms with E-state index >= 15 is 0 Å². The minimum absolute atomic E-state index is 0.121. The van der Waals surface area contributed by atoms with Crippen molar-refractivity contribution in [3.63, 3.8) is 0 Å². The second-order valence-corrected chi connectivity index (χ2v) is 7.75. The molecule has 2 aromatic carbocycles. The predicted octanol–water partition coefficient (Wildman–Crippen LogP) is 3.54. The summed E-state index contributed by atoms with van der Waals surface area (Å²) in [6.45, 7) is 1.49. The van der Waals surface area contributed by atoms with Gasteiger partial charge in [0.2, 0.25) is 0 Å². The summed E-state index contributed by atoms with van der Waals surface area (Å²) in [6.07, 6.45) is 3.23. The largest absolute Gasteiger partial charge is 0.497 e. The molecule has 9 heteroatoms. The first kappa shape index (κ1) is 21.7. The molecule has 1 amide bonds. The standard InChI is InChI=1S/C23H24F2N4O3/c1-31-17-6-2-7-18(11-17)32-15-16-5-4-10-28(12-16)23(30)22-14-29(27-26-22)13-19-20(24)8-3-9-21(19)25/h2-3,6-9,11,14,16H,4-5,10,12-13,15H2,1H3/t16-/m1/s1. The second-order valence-electron chi connectivity index (χ2n) is 7.75. The number of ether oxygens (including phenoxy) is 2. The molecule has 0 N–H and O–H groups in total. The monoisotopic (exact) mass is 442 g/mol. The molecular weight excluding hydrogens is 418 g/mol. The number of aromatic nitrogens is 3. The Morgan fingerprint density at radius 1 is 1.16 bits per heavy atom. The van der Waals surface area contributed by atoms with Crippen LogP contribution in [0.3, 0.4) is 0 Å². The van der Waals surface area contributed by atoms with Gasteiger partial charge in [-0.15, -0.1) is 5.10 Å². The number of carbonyl (C=O) groups excluding carboxylic acids is 1.